The molecule has 0 unspecified atom stereocenters. The van der Waals surface area contributed by atoms with Crippen molar-refractivity contribution in [2.75, 3.05) is 26.6 Å². The summed E-state index contributed by atoms with van der Waals surface area (Å²) in [7, 11) is 4.70. The van der Waals surface area contributed by atoms with Crippen molar-refractivity contribution >= 4 is 17.7 Å². The summed E-state index contributed by atoms with van der Waals surface area (Å²) in [5.74, 6) is 1.62. The van der Waals surface area contributed by atoms with Gasteiger partial charge in [-0.1, -0.05) is 18.2 Å². The molecule has 1 amide bonds. The van der Waals surface area contributed by atoms with Gasteiger partial charge >= 0.3 is 0 Å². The van der Waals surface area contributed by atoms with Crippen molar-refractivity contribution < 1.29 is 19.0 Å². The van der Waals surface area contributed by atoms with Crippen LogP contribution in [0, 0.1) is 0 Å². The van der Waals surface area contributed by atoms with Gasteiger partial charge in [0.2, 0.25) is 5.91 Å². The molecule has 0 bridgehead atoms. The Morgan fingerprint density at radius 1 is 0.913 bits per heavy atom. The van der Waals surface area contributed by atoms with Crippen molar-refractivity contribution in [3.8, 4) is 17.2 Å². The molecule has 0 saturated carbocycles. The van der Waals surface area contributed by atoms with E-state index in [0.717, 1.165) is 5.56 Å². The maximum atomic E-state index is 12.0. The van der Waals surface area contributed by atoms with Crippen molar-refractivity contribution in [1.82, 2.24) is 0 Å². The van der Waals surface area contributed by atoms with Crippen molar-refractivity contribution in [3.63, 3.8) is 0 Å². The summed E-state index contributed by atoms with van der Waals surface area (Å²) in [4.78, 5) is 12.0. The molecular formula is C18H19NO4. The predicted molar refractivity (Wildman–Crippen MR) is 90.2 cm³/mol. The van der Waals surface area contributed by atoms with Crippen molar-refractivity contribution in [3.05, 3.63) is 54.1 Å². The van der Waals surface area contributed by atoms with Crippen LogP contribution in [-0.4, -0.2) is 27.2 Å². The molecular weight excluding hydrogens is 294 g/mol. The number of rotatable bonds is 6. The van der Waals surface area contributed by atoms with Gasteiger partial charge in [-0.3, -0.25) is 4.79 Å². The van der Waals surface area contributed by atoms with Crippen LogP contribution in [0.4, 0.5) is 5.69 Å². The number of nitrogens with one attached hydrogen (secondary N) is 1. The first kappa shape index (κ1) is 16.4. The highest BCUT2D eigenvalue weighted by Gasteiger charge is 2.06. The lowest BCUT2D eigenvalue weighted by molar-refractivity contribution is -0.111. The maximum Gasteiger partial charge on any atom is 0.248 e. The number of ether oxygens (including phenoxy) is 3. The van der Waals surface area contributed by atoms with E-state index in [9.17, 15) is 4.79 Å². The molecule has 5 heteroatoms. The molecule has 0 aliphatic rings. The number of carbonyl (C=O) groups excluding carboxylic acids is 1. The molecule has 0 fully saturated rings. The first-order valence-corrected chi connectivity index (χ1v) is 7.02. The first-order chi connectivity index (χ1) is 11.2. The van der Waals surface area contributed by atoms with E-state index in [1.807, 2.05) is 24.3 Å². The van der Waals surface area contributed by atoms with Crippen LogP contribution in [0.1, 0.15) is 5.56 Å². The number of benzene rings is 2. The van der Waals surface area contributed by atoms with E-state index >= 15 is 0 Å². The fourth-order valence-corrected chi connectivity index (χ4v) is 2.07. The summed E-state index contributed by atoms with van der Waals surface area (Å²) >= 11 is 0. The van der Waals surface area contributed by atoms with Gasteiger partial charge in [0.1, 0.15) is 5.75 Å². The Morgan fingerprint density at radius 3 is 2.30 bits per heavy atom. The van der Waals surface area contributed by atoms with Crippen LogP contribution in [0.5, 0.6) is 17.2 Å². The fraction of sp³-hybridized carbons (Fsp3) is 0.167. The standard InChI is InChI=1S/C18H19NO4/c1-21-15-7-5-4-6-13(15)8-11-18(20)19-14-9-10-16(22-2)17(12-14)23-3/h4-12H,1-3H3,(H,19,20). The lowest BCUT2D eigenvalue weighted by Gasteiger charge is -2.09. The zero-order chi connectivity index (χ0) is 16.7. The molecule has 0 atom stereocenters. The normalized spacial score (nSPS) is 10.4. The molecule has 0 aliphatic carbocycles. The quantitative estimate of drug-likeness (QED) is 0.831. The molecule has 120 valence electrons. The number of hydrogen-bond acceptors (Lipinski definition) is 4. The van der Waals surface area contributed by atoms with Crippen molar-refractivity contribution in [1.29, 1.82) is 0 Å². The van der Waals surface area contributed by atoms with E-state index in [4.69, 9.17) is 14.2 Å². The van der Waals surface area contributed by atoms with Gasteiger partial charge in [-0.2, -0.15) is 0 Å². The Morgan fingerprint density at radius 2 is 1.61 bits per heavy atom. The van der Waals surface area contributed by atoms with E-state index in [-0.39, 0.29) is 5.91 Å². The van der Waals surface area contributed by atoms with Gasteiger partial charge in [-0.25, -0.2) is 0 Å². The van der Waals surface area contributed by atoms with E-state index < -0.39 is 0 Å². The van der Waals surface area contributed by atoms with Gasteiger partial charge in [0.15, 0.2) is 11.5 Å². The highest BCUT2D eigenvalue weighted by Crippen LogP contribution is 2.29. The maximum absolute atomic E-state index is 12.0. The molecule has 2 aromatic rings. The van der Waals surface area contributed by atoms with E-state index in [1.165, 1.54) is 6.08 Å². The molecule has 0 saturated heterocycles. The Labute approximate surface area is 135 Å². The highest BCUT2D eigenvalue weighted by atomic mass is 16.5. The molecule has 5 nitrogen and oxygen atoms in total. The van der Waals surface area contributed by atoms with Crippen LogP contribution in [0.25, 0.3) is 6.08 Å². The zero-order valence-corrected chi connectivity index (χ0v) is 13.3. The van der Waals surface area contributed by atoms with Crippen molar-refractivity contribution in [2.24, 2.45) is 0 Å². The van der Waals surface area contributed by atoms with Gasteiger partial charge in [0.25, 0.3) is 0 Å². The van der Waals surface area contributed by atoms with Crippen LogP contribution in [0.15, 0.2) is 48.5 Å². The number of carbonyl (C=O) groups is 1. The van der Waals surface area contributed by atoms with Gasteiger partial charge in [0, 0.05) is 23.4 Å². The molecule has 0 spiro atoms. The summed E-state index contributed by atoms with van der Waals surface area (Å²) in [5, 5.41) is 2.77. The minimum absolute atomic E-state index is 0.247. The Hall–Kier alpha value is -2.95. The third kappa shape index (κ3) is 4.26. The molecule has 1 N–H and O–H groups in total. The minimum Gasteiger partial charge on any atom is -0.496 e. The third-order valence-electron chi connectivity index (χ3n) is 3.20. The largest absolute Gasteiger partial charge is 0.496 e. The van der Waals surface area contributed by atoms with Crippen LogP contribution in [0.2, 0.25) is 0 Å². The SMILES string of the molecule is COc1ccccc1C=CC(=O)Nc1ccc(OC)c(OC)c1. The first-order valence-electron chi connectivity index (χ1n) is 7.02. The second-order valence-corrected chi connectivity index (χ2v) is 4.63. The zero-order valence-electron chi connectivity index (χ0n) is 13.3. The fourth-order valence-electron chi connectivity index (χ4n) is 2.07. The summed E-state index contributed by atoms with van der Waals surface area (Å²) < 4.78 is 15.6. The summed E-state index contributed by atoms with van der Waals surface area (Å²) in [5.41, 5.74) is 1.45. The second kappa shape index (κ2) is 7.89. The molecule has 0 aliphatic heterocycles. The second-order valence-electron chi connectivity index (χ2n) is 4.63. The van der Waals surface area contributed by atoms with Gasteiger partial charge < -0.3 is 19.5 Å². The van der Waals surface area contributed by atoms with Gasteiger partial charge in [-0.05, 0) is 24.3 Å². The lowest BCUT2D eigenvalue weighted by atomic mass is 10.2. The van der Waals surface area contributed by atoms with Crippen LogP contribution in [0.3, 0.4) is 0 Å². The van der Waals surface area contributed by atoms with Crippen molar-refractivity contribution in [2.45, 2.75) is 0 Å². The van der Waals surface area contributed by atoms with E-state index in [0.29, 0.717) is 22.9 Å². The molecule has 0 heterocycles. The molecule has 0 aromatic heterocycles. The van der Waals surface area contributed by atoms with Crippen LogP contribution >= 0.6 is 0 Å². The van der Waals surface area contributed by atoms with Gasteiger partial charge in [-0.15, -0.1) is 0 Å². The predicted octanol–water partition coefficient (Wildman–Crippen LogP) is 3.36. The van der Waals surface area contributed by atoms with Crippen LogP contribution in [-0.2, 0) is 4.79 Å². The monoisotopic (exact) mass is 313 g/mol. The molecule has 2 rings (SSSR count). The Kier molecular flexibility index (Phi) is 5.63. The summed E-state index contributed by atoms with van der Waals surface area (Å²) in [6, 6.07) is 12.7. The summed E-state index contributed by atoms with van der Waals surface area (Å²) in [6.45, 7) is 0. The molecule has 0 radical (unpaired) electrons. The number of hydrogen-bond donors (Lipinski definition) is 1. The smallest absolute Gasteiger partial charge is 0.248 e. The lowest BCUT2D eigenvalue weighted by Crippen LogP contribution is -2.08. The van der Waals surface area contributed by atoms with Crippen LogP contribution < -0.4 is 19.5 Å². The minimum atomic E-state index is -0.247. The van der Waals surface area contributed by atoms with E-state index in [1.54, 1.807) is 45.6 Å². The Balaban J connectivity index is 2.09. The molecule has 2 aromatic carbocycles. The van der Waals surface area contributed by atoms with Gasteiger partial charge in [0.05, 0.1) is 21.3 Å². The number of anilines is 1. The number of methoxy groups -OCH3 is 3. The summed E-state index contributed by atoms with van der Waals surface area (Å²) in [6.07, 6.45) is 3.16. The van der Waals surface area contributed by atoms with E-state index in [2.05, 4.69) is 5.32 Å². The molecule has 23 heavy (non-hydrogen) atoms. The highest BCUT2D eigenvalue weighted by molar-refractivity contribution is 6.02. The third-order valence-corrected chi connectivity index (χ3v) is 3.20. The Bertz CT molecular complexity index is 710. The average molecular weight is 313 g/mol. The number of para-hydroxylation sites is 1. The average Bonchev–Trinajstić information content (AvgIpc) is 2.60. The topological polar surface area (TPSA) is 56.8 Å². The number of amides is 1.